The van der Waals surface area contributed by atoms with E-state index in [0.29, 0.717) is 11.1 Å². The van der Waals surface area contributed by atoms with Crippen LogP contribution < -0.4 is 0 Å². The maximum Gasteiger partial charge on any atom is 0.254 e. The molecule has 4 heterocycles. The predicted molar refractivity (Wildman–Crippen MR) is 197 cm³/mol. The van der Waals surface area contributed by atoms with Crippen molar-refractivity contribution in [2.24, 2.45) is 0 Å². The molecular weight excluding hydrogens is 671 g/mol. The Balaban J connectivity index is 0.000000157. The molecule has 8 rings (SSSR count). The summed E-state index contributed by atoms with van der Waals surface area (Å²) in [5.41, 5.74) is 7.31. The molecule has 2 N–H and O–H groups in total. The minimum absolute atomic E-state index is 0.0716. The van der Waals surface area contributed by atoms with Crippen molar-refractivity contribution in [2.75, 3.05) is 52.4 Å². The van der Waals surface area contributed by atoms with Gasteiger partial charge in [0.15, 0.2) is 0 Å². The predicted octanol–water partition coefficient (Wildman–Crippen LogP) is 6.35. The molecule has 2 aliphatic heterocycles. The van der Waals surface area contributed by atoms with E-state index in [1.807, 2.05) is 76.5 Å². The van der Waals surface area contributed by atoms with Gasteiger partial charge in [-0.2, -0.15) is 0 Å². The van der Waals surface area contributed by atoms with Crippen molar-refractivity contribution in [1.29, 1.82) is 0 Å². The van der Waals surface area contributed by atoms with Crippen LogP contribution in [0.1, 0.15) is 31.8 Å². The van der Waals surface area contributed by atoms with Crippen LogP contribution in [-0.2, 0) is 13.1 Å². The highest BCUT2D eigenvalue weighted by Gasteiger charge is 2.24. The lowest BCUT2D eigenvalue weighted by molar-refractivity contribution is 0.0622. The molecule has 0 bridgehead atoms. The summed E-state index contributed by atoms with van der Waals surface area (Å²) in [6, 6.07) is 27.1. The highest BCUT2D eigenvalue weighted by molar-refractivity contribution is 6.31. The second-order valence-electron chi connectivity index (χ2n) is 12.6. The number of amides is 2. The van der Waals surface area contributed by atoms with Crippen molar-refractivity contribution in [3.8, 4) is 0 Å². The molecule has 2 fully saturated rings. The summed E-state index contributed by atoms with van der Waals surface area (Å²) in [4.78, 5) is 48.5. The first-order valence-electron chi connectivity index (χ1n) is 16.8. The number of fused-ring (bicyclic) bond motifs is 2. The number of benzene rings is 4. The van der Waals surface area contributed by atoms with Gasteiger partial charge in [-0.1, -0.05) is 53.5 Å². The van der Waals surface area contributed by atoms with Gasteiger partial charge in [-0.05, 0) is 65.7 Å². The monoisotopic (exact) mass is 708 g/mol. The van der Waals surface area contributed by atoms with Gasteiger partial charge in [0.25, 0.3) is 11.8 Å². The van der Waals surface area contributed by atoms with E-state index >= 15 is 0 Å². The molecule has 2 amide bonds. The van der Waals surface area contributed by atoms with Crippen LogP contribution in [0.5, 0.6) is 0 Å². The highest BCUT2D eigenvalue weighted by Crippen LogP contribution is 2.20. The number of H-pyrrole nitrogens is 2. The molecule has 2 aromatic heterocycles. The number of nitrogens with zero attached hydrogens (tertiary/aromatic N) is 6. The first-order chi connectivity index (χ1) is 24.4. The van der Waals surface area contributed by atoms with Crippen molar-refractivity contribution in [3.63, 3.8) is 0 Å². The second kappa shape index (κ2) is 15.4. The molecule has 0 aliphatic carbocycles. The maximum atomic E-state index is 12.7. The van der Waals surface area contributed by atoms with Gasteiger partial charge in [0.1, 0.15) is 0 Å². The fourth-order valence-corrected chi connectivity index (χ4v) is 6.75. The van der Waals surface area contributed by atoms with Crippen LogP contribution in [0.4, 0.5) is 0 Å². The Hall–Kier alpha value is -4.74. The van der Waals surface area contributed by atoms with Crippen LogP contribution in [0.2, 0.25) is 10.0 Å². The van der Waals surface area contributed by atoms with Gasteiger partial charge in [0.2, 0.25) is 0 Å². The van der Waals surface area contributed by atoms with Crippen LogP contribution in [0.15, 0.2) is 97.6 Å². The largest absolute Gasteiger partial charge is 0.345 e. The number of carbonyl (C=O) groups is 2. The fourth-order valence-electron chi connectivity index (χ4n) is 6.43. The zero-order valence-electron chi connectivity index (χ0n) is 27.6. The lowest BCUT2D eigenvalue weighted by Gasteiger charge is -2.35. The van der Waals surface area contributed by atoms with Crippen LogP contribution in [0, 0.1) is 0 Å². The smallest absolute Gasteiger partial charge is 0.254 e. The molecule has 10 nitrogen and oxygen atoms in total. The average molecular weight is 710 g/mol. The summed E-state index contributed by atoms with van der Waals surface area (Å²) >= 11 is 12.2. The molecule has 0 spiro atoms. The van der Waals surface area contributed by atoms with Crippen LogP contribution in [-0.4, -0.2) is 104 Å². The van der Waals surface area contributed by atoms with E-state index in [2.05, 4.69) is 47.9 Å². The van der Waals surface area contributed by atoms with Crippen molar-refractivity contribution in [1.82, 2.24) is 39.5 Å². The van der Waals surface area contributed by atoms with Crippen molar-refractivity contribution in [2.45, 2.75) is 13.1 Å². The standard InChI is InChI=1S/2C19H19ClN4O/c20-16-4-1-14(2-5-16)12-23-7-9-24(10-8-23)19(25)15-3-6-17-18(11-15)22-13-21-17;20-16-4-2-1-3-15(16)12-23-7-9-24(10-8-23)19(25)14-5-6-17-18(11-14)22-13-21-17/h2*1-6,11,13H,7-10,12H2,(H,21,22). The van der Waals surface area contributed by atoms with Crippen molar-refractivity contribution >= 4 is 57.1 Å². The maximum absolute atomic E-state index is 12.7. The van der Waals surface area contributed by atoms with Gasteiger partial charge in [-0.25, -0.2) is 9.97 Å². The van der Waals surface area contributed by atoms with Gasteiger partial charge in [0, 0.05) is 86.6 Å². The SMILES string of the molecule is O=C(c1ccc2[nH]cnc2c1)N1CCN(Cc2ccc(Cl)cc2)CC1.O=C(c1ccc2[nH]cnc2c1)N1CCN(Cc2ccccc2Cl)CC1. The Morgan fingerprint density at radius 1 is 0.600 bits per heavy atom. The molecule has 0 unspecified atom stereocenters. The number of piperazine rings is 2. The van der Waals surface area contributed by atoms with Crippen LogP contribution in [0.3, 0.4) is 0 Å². The number of hydrogen-bond acceptors (Lipinski definition) is 6. The fraction of sp³-hybridized carbons (Fsp3) is 0.263. The quantitative estimate of drug-likeness (QED) is 0.209. The summed E-state index contributed by atoms with van der Waals surface area (Å²) in [6.45, 7) is 8.08. The second-order valence-corrected chi connectivity index (χ2v) is 13.5. The van der Waals surface area contributed by atoms with Gasteiger partial charge in [-0.3, -0.25) is 19.4 Å². The van der Waals surface area contributed by atoms with E-state index in [1.54, 1.807) is 12.7 Å². The van der Waals surface area contributed by atoms with Gasteiger partial charge in [-0.15, -0.1) is 0 Å². The number of aromatic amines is 2. The number of nitrogens with one attached hydrogen (secondary N) is 2. The summed E-state index contributed by atoms with van der Waals surface area (Å²) < 4.78 is 0. The lowest BCUT2D eigenvalue weighted by Crippen LogP contribution is -2.48. The molecule has 256 valence electrons. The molecule has 0 radical (unpaired) electrons. The average Bonchev–Trinajstić information content (AvgIpc) is 3.83. The van der Waals surface area contributed by atoms with E-state index < -0.39 is 0 Å². The number of imidazole rings is 2. The number of hydrogen-bond donors (Lipinski definition) is 2. The van der Waals surface area contributed by atoms with E-state index in [9.17, 15) is 9.59 Å². The summed E-state index contributed by atoms with van der Waals surface area (Å²) in [5.74, 6) is 0.151. The Bertz CT molecular complexity index is 2080. The third kappa shape index (κ3) is 8.00. The molecule has 12 heteroatoms. The van der Waals surface area contributed by atoms with E-state index in [4.69, 9.17) is 23.2 Å². The van der Waals surface area contributed by atoms with E-state index in [-0.39, 0.29) is 11.8 Å². The van der Waals surface area contributed by atoms with Gasteiger partial charge < -0.3 is 19.8 Å². The summed E-state index contributed by atoms with van der Waals surface area (Å²) in [7, 11) is 0. The summed E-state index contributed by atoms with van der Waals surface area (Å²) in [5, 5.41) is 1.56. The molecule has 2 saturated heterocycles. The molecule has 50 heavy (non-hydrogen) atoms. The van der Waals surface area contributed by atoms with E-state index in [0.717, 1.165) is 103 Å². The van der Waals surface area contributed by atoms with E-state index in [1.165, 1.54) is 5.56 Å². The first-order valence-corrected chi connectivity index (χ1v) is 17.5. The molecule has 0 saturated carbocycles. The molecule has 6 aromatic rings. The third-order valence-corrected chi connectivity index (χ3v) is 9.95. The number of rotatable bonds is 6. The van der Waals surface area contributed by atoms with Crippen LogP contribution >= 0.6 is 23.2 Å². The molecule has 4 aromatic carbocycles. The lowest BCUT2D eigenvalue weighted by atomic mass is 10.1. The van der Waals surface area contributed by atoms with Gasteiger partial charge >= 0.3 is 0 Å². The van der Waals surface area contributed by atoms with Crippen LogP contribution in [0.25, 0.3) is 22.1 Å². The third-order valence-electron chi connectivity index (χ3n) is 9.33. The molecule has 0 atom stereocenters. The molecular formula is C38H38Cl2N8O2. The Morgan fingerprint density at radius 2 is 1.10 bits per heavy atom. The normalized spacial score (nSPS) is 15.6. The van der Waals surface area contributed by atoms with Gasteiger partial charge in [0.05, 0.1) is 34.7 Å². The topological polar surface area (TPSA) is 104 Å². The minimum Gasteiger partial charge on any atom is -0.345 e. The van der Waals surface area contributed by atoms with Crippen molar-refractivity contribution in [3.05, 3.63) is 130 Å². The zero-order chi connectivity index (χ0) is 34.5. The Morgan fingerprint density at radius 3 is 1.62 bits per heavy atom. The van der Waals surface area contributed by atoms with Crippen molar-refractivity contribution < 1.29 is 9.59 Å². The molecule has 2 aliphatic rings. The number of aromatic nitrogens is 4. The Labute approximate surface area is 300 Å². The minimum atomic E-state index is 0.0716. The highest BCUT2D eigenvalue weighted by atomic mass is 35.5. The summed E-state index contributed by atoms with van der Waals surface area (Å²) in [6.07, 6.45) is 3.29. The number of halogens is 2. The number of carbonyl (C=O) groups excluding carboxylic acids is 2. The first kappa shape index (κ1) is 33.7. The zero-order valence-corrected chi connectivity index (χ0v) is 29.1. The Kier molecular flexibility index (Phi) is 10.4.